The highest BCUT2D eigenvalue weighted by Gasteiger charge is 2.49. The molecule has 10 heteroatoms. The molecule has 2 heterocycles. The van der Waals surface area contributed by atoms with Gasteiger partial charge in [-0.25, -0.2) is 21.2 Å². The summed E-state index contributed by atoms with van der Waals surface area (Å²) < 4.78 is 72.0. The van der Waals surface area contributed by atoms with Crippen molar-refractivity contribution in [3.63, 3.8) is 0 Å². The van der Waals surface area contributed by atoms with Gasteiger partial charge in [0, 0.05) is 32.2 Å². The minimum atomic E-state index is -3.91. The molecule has 33 heavy (non-hydrogen) atoms. The predicted molar refractivity (Wildman–Crippen MR) is 126 cm³/mol. The maximum atomic E-state index is 14.2. The van der Waals surface area contributed by atoms with Gasteiger partial charge in [0.1, 0.15) is 11.6 Å². The molecule has 0 unspecified atom stereocenters. The number of rotatable bonds is 5. The molecule has 2 aliphatic heterocycles. The van der Waals surface area contributed by atoms with E-state index in [4.69, 9.17) is 4.74 Å². The van der Waals surface area contributed by atoms with Gasteiger partial charge in [-0.15, -0.1) is 0 Å². The highest BCUT2D eigenvalue weighted by atomic mass is 32.2. The molecule has 0 bridgehead atoms. The lowest BCUT2D eigenvalue weighted by atomic mass is 10.1. The van der Waals surface area contributed by atoms with Crippen molar-refractivity contribution in [2.45, 2.75) is 30.0 Å². The van der Waals surface area contributed by atoms with Gasteiger partial charge < -0.3 is 9.64 Å². The molecule has 0 amide bonds. The quantitative estimate of drug-likeness (QED) is 0.628. The third-order valence-corrected chi connectivity index (χ3v) is 10.9. The van der Waals surface area contributed by atoms with E-state index in [9.17, 15) is 21.2 Å². The van der Waals surface area contributed by atoms with Crippen LogP contribution in [0.4, 0.5) is 10.1 Å². The van der Waals surface area contributed by atoms with Crippen LogP contribution in [0.15, 0.2) is 41.3 Å². The minimum absolute atomic E-state index is 0.151. The minimum Gasteiger partial charge on any atom is -0.496 e. The molecule has 2 aromatic rings. The fourth-order valence-corrected chi connectivity index (χ4v) is 10.0. The molecule has 2 aromatic carbocycles. The second kappa shape index (κ2) is 8.88. The van der Waals surface area contributed by atoms with Crippen LogP contribution < -0.4 is 9.64 Å². The van der Waals surface area contributed by atoms with Crippen LogP contribution in [-0.2, 0) is 19.7 Å². The Morgan fingerprint density at radius 1 is 1.00 bits per heavy atom. The molecule has 0 spiro atoms. The summed E-state index contributed by atoms with van der Waals surface area (Å²) in [5, 5.41) is -1.05. The van der Waals surface area contributed by atoms with Gasteiger partial charge >= 0.3 is 0 Å². The van der Waals surface area contributed by atoms with E-state index < -0.39 is 36.7 Å². The average Bonchev–Trinajstić information content (AvgIpc) is 3.11. The van der Waals surface area contributed by atoms with Gasteiger partial charge in [-0.1, -0.05) is 12.1 Å². The first-order chi connectivity index (χ1) is 15.5. The van der Waals surface area contributed by atoms with E-state index in [-0.39, 0.29) is 16.5 Å². The summed E-state index contributed by atoms with van der Waals surface area (Å²) in [6, 6.07) is 9.15. The molecule has 0 radical (unpaired) electrons. The summed E-state index contributed by atoms with van der Waals surface area (Å²) in [5.41, 5.74) is 1.71. The molecule has 0 aromatic heterocycles. The van der Waals surface area contributed by atoms with Crippen LogP contribution in [0, 0.1) is 19.7 Å². The summed E-state index contributed by atoms with van der Waals surface area (Å²) in [6.07, 6.45) is 0. The van der Waals surface area contributed by atoms with Crippen molar-refractivity contribution < 1.29 is 26.0 Å². The molecule has 2 fully saturated rings. The fourth-order valence-electron chi connectivity index (χ4n) is 4.89. The number of hydrogen-bond donors (Lipinski definition) is 0. The largest absolute Gasteiger partial charge is 0.496 e. The maximum Gasteiger partial charge on any atom is 0.184 e. The third-order valence-electron chi connectivity index (χ3n) is 6.65. The lowest BCUT2D eigenvalue weighted by Crippen LogP contribution is -2.55. The van der Waals surface area contributed by atoms with Crippen LogP contribution in [0.3, 0.4) is 0 Å². The standard InChI is InChI=1S/C23H29FN2O5S2/c1-16-13-22(17(2)12-21(16)31-3)33(29,30)23-15-32(27,28)14-20(23)26-10-8-25(9-11-26)19-7-5-4-6-18(19)24/h4-7,12-13,20,23H,8-11,14-15H2,1-3H3/t20-,23-/m0/s1. The Kier molecular flexibility index (Phi) is 6.45. The Bertz CT molecular complexity index is 1260. The number of anilines is 1. The van der Waals surface area contributed by atoms with Gasteiger partial charge in [-0.2, -0.15) is 0 Å². The zero-order chi connectivity index (χ0) is 24.0. The summed E-state index contributed by atoms with van der Waals surface area (Å²) in [4.78, 5) is 4.00. The number of sulfone groups is 2. The highest BCUT2D eigenvalue weighted by Crippen LogP contribution is 2.34. The Morgan fingerprint density at radius 2 is 1.67 bits per heavy atom. The number of para-hydroxylation sites is 1. The molecule has 0 N–H and O–H groups in total. The van der Waals surface area contributed by atoms with Crippen LogP contribution >= 0.6 is 0 Å². The fraction of sp³-hybridized carbons (Fsp3) is 0.478. The number of methoxy groups -OCH3 is 1. The van der Waals surface area contributed by atoms with Crippen LogP contribution in [0.25, 0.3) is 0 Å². The van der Waals surface area contributed by atoms with Crippen molar-refractivity contribution in [2.24, 2.45) is 0 Å². The number of aryl methyl sites for hydroxylation is 2. The topological polar surface area (TPSA) is 84.0 Å². The molecular formula is C23H29FN2O5S2. The van der Waals surface area contributed by atoms with Crippen molar-refractivity contribution in [1.82, 2.24) is 4.90 Å². The Balaban J connectivity index is 1.60. The van der Waals surface area contributed by atoms with Crippen molar-refractivity contribution in [2.75, 3.05) is 49.7 Å². The first-order valence-corrected chi connectivity index (χ1v) is 14.2. The van der Waals surface area contributed by atoms with Gasteiger partial charge in [-0.3, -0.25) is 4.90 Å². The van der Waals surface area contributed by atoms with Crippen LogP contribution in [0.2, 0.25) is 0 Å². The number of hydrogen-bond acceptors (Lipinski definition) is 7. The molecule has 2 atom stereocenters. The van der Waals surface area contributed by atoms with Gasteiger partial charge in [-0.05, 0) is 49.2 Å². The maximum absolute atomic E-state index is 14.2. The molecule has 180 valence electrons. The van der Waals surface area contributed by atoms with Gasteiger partial charge in [0.15, 0.2) is 19.7 Å². The number of nitrogens with zero attached hydrogens (tertiary/aromatic N) is 2. The van der Waals surface area contributed by atoms with Crippen molar-refractivity contribution >= 4 is 25.4 Å². The summed E-state index contributed by atoms with van der Waals surface area (Å²) in [7, 11) is -5.90. The van der Waals surface area contributed by atoms with Crippen LogP contribution in [0.1, 0.15) is 11.1 Å². The lowest BCUT2D eigenvalue weighted by Gasteiger charge is -2.40. The third kappa shape index (κ3) is 4.61. The summed E-state index contributed by atoms with van der Waals surface area (Å²) >= 11 is 0. The number of benzene rings is 2. The van der Waals surface area contributed by atoms with Crippen molar-refractivity contribution in [3.05, 3.63) is 53.3 Å². The van der Waals surface area contributed by atoms with E-state index in [1.807, 2.05) is 9.80 Å². The molecule has 4 rings (SSSR count). The monoisotopic (exact) mass is 496 g/mol. The second-order valence-corrected chi connectivity index (χ2v) is 13.1. The van der Waals surface area contributed by atoms with Gasteiger partial charge in [0.05, 0.1) is 34.4 Å². The van der Waals surface area contributed by atoms with E-state index >= 15 is 0 Å². The number of ether oxygens (including phenoxy) is 1. The first-order valence-electron chi connectivity index (χ1n) is 10.9. The molecule has 2 saturated heterocycles. The van der Waals surface area contributed by atoms with E-state index in [1.165, 1.54) is 13.2 Å². The smallest absolute Gasteiger partial charge is 0.184 e. The van der Waals surface area contributed by atoms with E-state index in [0.717, 1.165) is 0 Å². The highest BCUT2D eigenvalue weighted by molar-refractivity contribution is 7.96. The summed E-state index contributed by atoms with van der Waals surface area (Å²) in [6.45, 7) is 5.36. The molecular weight excluding hydrogens is 467 g/mol. The second-order valence-electron chi connectivity index (χ2n) is 8.79. The normalized spacial score (nSPS) is 23.6. The first kappa shape index (κ1) is 24.0. The van der Waals surface area contributed by atoms with Gasteiger partial charge in [0.2, 0.25) is 0 Å². The van der Waals surface area contributed by atoms with E-state index in [0.29, 0.717) is 48.7 Å². The Morgan fingerprint density at radius 3 is 2.30 bits per heavy atom. The average molecular weight is 497 g/mol. The predicted octanol–water partition coefficient (Wildman–Crippen LogP) is 2.21. The van der Waals surface area contributed by atoms with Crippen molar-refractivity contribution in [1.29, 1.82) is 0 Å². The molecule has 0 aliphatic carbocycles. The SMILES string of the molecule is COc1cc(C)c(S(=O)(=O)[C@H]2CS(=O)(=O)C[C@@H]2N2CCN(c3ccccc3F)CC2)cc1C. The van der Waals surface area contributed by atoms with E-state index in [1.54, 1.807) is 44.2 Å². The zero-order valence-corrected chi connectivity index (χ0v) is 20.6. The van der Waals surface area contributed by atoms with Crippen LogP contribution in [0.5, 0.6) is 5.75 Å². The van der Waals surface area contributed by atoms with E-state index in [2.05, 4.69) is 0 Å². The number of halogens is 1. The van der Waals surface area contributed by atoms with Gasteiger partial charge in [0.25, 0.3) is 0 Å². The lowest BCUT2D eigenvalue weighted by molar-refractivity contribution is 0.201. The molecule has 2 aliphatic rings. The van der Waals surface area contributed by atoms with Crippen LogP contribution in [-0.4, -0.2) is 77.8 Å². The van der Waals surface area contributed by atoms with Crippen molar-refractivity contribution in [3.8, 4) is 5.75 Å². The molecule has 7 nitrogen and oxygen atoms in total. The number of piperazine rings is 1. The summed E-state index contributed by atoms with van der Waals surface area (Å²) in [5.74, 6) is -0.297. The Labute approximate surface area is 195 Å². The Hall–Kier alpha value is -2.17. The molecule has 0 saturated carbocycles. The zero-order valence-electron chi connectivity index (χ0n) is 19.0.